The predicted molar refractivity (Wildman–Crippen MR) is 98.1 cm³/mol. The minimum absolute atomic E-state index is 0.0825. The Balaban J connectivity index is 2.01. The van der Waals surface area contributed by atoms with Crippen LogP contribution in [-0.4, -0.2) is 33.2 Å². The zero-order valence-electron chi connectivity index (χ0n) is 13.6. The van der Waals surface area contributed by atoms with Gasteiger partial charge in [-0.2, -0.15) is 0 Å². The average Bonchev–Trinajstić information content (AvgIpc) is 2.88. The molecule has 1 saturated heterocycles. The van der Waals surface area contributed by atoms with Gasteiger partial charge in [-0.3, -0.25) is 24.7 Å². The number of anilines is 1. The number of nitrogens with zero attached hydrogens (tertiary/aromatic N) is 2. The number of carbonyl (C=O) groups excluding carboxylic acids is 2. The number of amidine groups is 1. The summed E-state index contributed by atoms with van der Waals surface area (Å²) in [5, 5.41) is 16.1. The van der Waals surface area contributed by atoms with Gasteiger partial charge in [-0.05, 0) is 19.4 Å². The normalized spacial score (nSPS) is 19.6. The third-order valence-corrected chi connectivity index (χ3v) is 4.94. The molecule has 10 heteroatoms. The molecule has 1 aromatic rings. The number of nitrogens with one attached hydrogen (secondary N) is 2. The molecule has 1 aliphatic rings. The number of amides is 2. The third kappa shape index (κ3) is 5.17. The second kappa shape index (κ2) is 8.30. The number of thioether (sulfide) groups is 1. The fraction of sp³-hybridized carbons (Fsp3) is 0.400. The summed E-state index contributed by atoms with van der Waals surface area (Å²) in [5.41, 5.74) is -0.0478. The average molecular weight is 385 g/mol. The van der Waals surface area contributed by atoms with Gasteiger partial charge in [-0.15, -0.1) is 0 Å². The van der Waals surface area contributed by atoms with Crippen molar-refractivity contribution in [2.45, 2.75) is 38.0 Å². The first-order chi connectivity index (χ1) is 11.8. The van der Waals surface area contributed by atoms with Gasteiger partial charge in [0.05, 0.1) is 15.6 Å². The van der Waals surface area contributed by atoms with Gasteiger partial charge >= 0.3 is 0 Å². The molecule has 1 heterocycles. The molecule has 1 aliphatic heterocycles. The molecule has 25 heavy (non-hydrogen) atoms. The van der Waals surface area contributed by atoms with E-state index in [1.54, 1.807) is 0 Å². The molecule has 2 N–H and O–H groups in total. The molecule has 0 spiro atoms. The van der Waals surface area contributed by atoms with E-state index in [0.717, 1.165) is 6.42 Å². The summed E-state index contributed by atoms with van der Waals surface area (Å²) in [6, 6.07) is 3.84. The number of nitro benzene ring substituents is 1. The van der Waals surface area contributed by atoms with Gasteiger partial charge in [0.1, 0.15) is 5.25 Å². The molecule has 0 unspecified atom stereocenters. The van der Waals surface area contributed by atoms with E-state index in [-0.39, 0.29) is 34.8 Å². The summed E-state index contributed by atoms with van der Waals surface area (Å²) in [5.74, 6) is -0.743. The zero-order chi connectivity index (χ0) is 18.6. The molecule has 8 nitrogen and oxygen atoms in total. The molecular formula is C15H17ClN4O4S. The van der Waals surface area contributed by atoms with E-state index in [4.69, 9.17) is 11.6 Å². The van der Waals surface area contributed by atoms with Gasteiger partial charge < -0.3 is 10.6 Å². The molecule has 134 valence electrons. The van der Waals surface area contributed by atoms with Crippen LogP contribution in [0.2, 0.25) is 5.02 Å². The largest absolute Gasteiger partial charge is 0.325 e. The van der Waals surface area contributed by atoms with Crippen LogP contribution < -0.4 is 10.6 Å². The molecule has 0 bridgehead atoms. The van der Waals surface area contributed by atoms with Crippen LogP contribution in [0.25, 0.3) is 0 Å². The molecule has 0 aromatic heterocycles. The Morgan fingerprint density at radius 1 is 1.56 bits per heavy atom. The van der Waals surface area contributed by atoms with Gasteiger partial charge in [0.25, 0.3) is 5.69 Å². The van der Waals surface area contributed by atoms with Crippen LogP contribution in [0.5, 0.6) is 0 Å². The number of halogens is 1. The minimum Gasteiger partial charge on any atom is -0.325 e. The maximum absolute atomic E-state index is 12.2. The number of hydrogen-bond donors (Lipinski definition) is 2. The van der Waals surface area contributed by atoms with Crippen molar-refractivity contribution < 1.29 is 14.5 Å². The van der Waals surface area contributed by atoms with Crippen molar-refractivity contribution in [3.8, 4) is 0 Å². The summed E-state index contributed by atoms with van der Waals surface area (Å²) in [7, 11) is 0. The third-order valence-electron chi connectivity index (χ3n) is 3.51. The Hall–Kier alpha value is -2.13. The summed E-state index contributed by atoms with van der Waals surface area (Å²) in [6.07, 6.45) is 0.755. The fourth-order valence-electron chi connectivity index (χ4n) is 1.98. The number of carbonyl (C=O) groups is 2. The van der Waals surface area contributed by atoms with Crippen molar-refractivity contribution >= 4 is 51.7 Å². The first-order valence-corrected chi connectivity index (χ1v) is 8.85. The van der Waals surface area contributed by atoms with Crippen LogP contribution in [0.4, 0.5) is 11.4 Å². The number of rotatable bonds is 6. The molecule has 0 saturated carbocycles. The maximum Gasteiger partial charge on any atom is 0.271 e. The number of non-ortho nitro benzene ring substituents is 1. The smallest absolute Gasteiger partial charge is 0.271 e. The van der Waals surface area contributed by atoms with Crippen LogP contribution >= 0.6 is 23.4 Å². The standard InChI is InChI=1S/C15H17ClN4O4S/c1-3-8(2)17-15-19-14(22)12(25-15)7-13(21)18-11-6-9(20(23)24)4-5-10(11)16/h4-6,8,12H,3,7H2,1-2H3,(H,18,21)(H,17,19,22)/t8-,12+/m1/s1. The van der Waals surface area contributed by atoms with E-state index in [9.17, 15) is 19.7 Å². The highest BCUT2D eigenvalue weighted by molar-refractivity contribution is 8.15. The van der Waals surface area contributed by atoms with Crippen molar-refractivity contribution in [2.75, 3.05) is 5.32 Å². The first kappa shape index (κ1) is 19.2. The summed E-state index contributed by atoms with van der Waals surface area (Å²) in [4.78, 5) is 38.7. The quantitative estimate of drug-likeness (QED) is 0.578. The SMILES string of the molecule is CC[C@@H](C)N=C1NC(=O)[C@H](CC(=O)Nc2cc([N+](=O)[O-])ccc2Cl)S1. The van der Waals surface area contributed by atoms with E-state index >= 15 is 0 Å². The number of aliphatic imine (C=N–C) groups is 1. The molecule has 2 amide bonds. The van der Waals surface area contributed by atoms with Gasteiger partial charge in [-0.25, -0.2) is 0 Å². The van der Waals surface area contributed by atoms with Crippen LogP contribution in [0.3, 0.4) is 0 Å². The lowest BCUT2D eigenvalue weighted by Gasteiger charge is -2.09. The van der Waals surface area contributed by atoms with Crippen molar-refractivity contribution in [1.82, 2.24) is 5.32 Å². The molecular weight excluding hydrogens is 368 g/mol. The Morgan fingerprint density at radius 3 is 2.92 bits per heavy atom. The zero-order valence-corrected chi connectivity index (χ0v) is 15.2. The van der Waals surface area contributed by atoms with Gasteiger partial charge in [-0.1, -0.05) is 30.3 Å². The predicted octanol–water partition coefficient (Wildman–Crippen LogP) is 2.96. The molecule has 0 aliphatic carbocycles. The Labute approximate surface area is 153 Å². The second-order valence-electron chi connectivity index (χ2n) is 5.46. The number of benzene rings is 1. The molecule has 2 rings (SSSR count). The summed E-state index contributed by atoms with van der Waals surface area (Å²) in [6.45, 7) is 3.92. The Morgan fingerprint density at radius 2 is 2.28 bits per heavy atom. The van der Waals surface area contributed by atoms with Crippen LogP contribution in [0, 0.1) is 10.1 Å². The Bertz CT molecular complexity index is 740. The fourth-order valence-corrected chi connectivity index (χ4v) is 3.22. The van der Waals surface area contributed by atoms with E-state index in [1.807, 2.05) is 13.8 Å². The lowest BCUT2D eigenvalue weighted by Crippen LogP contribution is -2.28. The van der Waals surface area contributed by atoms with Crippen LogP contribution in [0.1, 0.15) is 26.7 Å². The Kier molecular flexibility index (Phi) is 6.38. The van der Waals surface area contributed by atoms with E-state index in [0.29, 0.717) is 5.17 Å². The summed E-state index contributed by atoms with van der Waals surface area (Å²) < 4.78 is 0. The second-order valence-corrected chi connectivity index (χ2v) is 7.06. The van der Waals surface area contributed by atoms with E-state index in [2.05, 4.69) is 15.6 Å². The van der Waals surface area contributed by atoms with Crippen LogP contribution in [-0.2, 0) is 9.59 Å². The number of hydrogen-bond acceptors (Lipinski definition) is 6. The molecule has 2 atom stereocenters. The van der Waals surface area contributed by atoms with E-state index < -0.39 is 16.1 Å². The topological polar surface area (TPSA) is 114 Å². The van der Waals surface area contributed by atoms with Gasteiger partial charge in [0.15, 0.2) is 5.17 Å². The highest BCUT2D eigenvalue weighted by Crippen LogP contribution is 2.28. The molecule has 0 radical (unpaired) electrons. The monoisotopic (exact) mass is 384 g/mol. The molecule has 1 fully saturated rings. The van der Waals surface area contributed by atoms with Crippen molar-refractivity contribution in [3.63, 3.8) is 0 Å². The maximum atomic E-state index is 12.2. The molecule has 1 aromatic carbocycles. The minimum atomic E-state index is -0.597. The lowest BCUT2D eigenvalue weighted by atomic mass is 10.2. The highest BCUT2D eigenvalue weighted by Gasteiger charge is 2.32. The number of nitro groups is 1. The van der Waals surface area contributed by atoms with Crippen LogP contribution in [0.15, 0.2) is 23.2 Å². The van der Waals surface area contributed by atoms with Crippen molar-refractivity contribution in [2.24, 2.45) is 4.99 Å². The van der Waals surface area contributed by atoms with E-state index in [1.165, 1.54) is 30.0 Å². The van der Waals surface area contributed by atoms with Crippen molar-refractivity contribution in [1.29, 1.82) is 0 Å². The highest BCUT2D eigenvalue weighted by atomic mass is 35.5. The van der Waals surface area contributed by atoms with Crippen molar-refractivity contribution in [3.05, 3.63) is 33.3 Å². The first-order valence-electron chi connectivity index (χ1n) is 7.59. The van der Waals surface area contributed by atoms with Gasteiger partial charge in [0, 0.05) is 24.6 Å². The summed E-state index contributed by atoms with van der Waals surface area (Å²) >= 11 is 7.15. The van der Waals surface area contributed by atoms with Gasteiger partial charge in [0.2, 0.25) is 11.8 Å². The lowest BCUT2D eigenvalue weighted by molar-refractivity contribution is -0.384.